The highest BCUT2D eigenvalue weighted by atomic mass is 16.3. The molecule has 1 atom stereocenters. The monoisotopic (exact) mass is 460 g/mol. The number of aromatic nitrogens is 1. The standard InChI is InChI=1S/C26H28N4O4/c1-18-8-10-21(11-9-18)30(23(31)17-28-25(32)22-7-4-16-34-22)24(19-12-14-27-15-13-19)26(33)29-20-5-2-3-6-20/h4,7-16,20,24H,2-3,5-6,17H2,1H3,(H,28,32)(H,29,33)/t24-/m1/s1. The molecule has 0 radical (unpaired) electrons. The number of nitrogens with one attached hydrogen (secondary N) is 2. The molecule has 1 aliphatic carbocycles. The minimum atomic E-state index is -0.917. The van der Waals surface area contributed by atoms with E-state index >= 15 is 0 Å². The Morgan fingerprint density at radius 3 is 2.41 bits per heavy atom. The molecule has 176 valence electrons. The number of anilines is 1. The molecule has 0 unspecified atom stereocenters. The highest BCUT2D eigenvalue weighted by Gasteiger charge is 2.34. The second-order valence-corrected chi connectivity index (χ2v) is 8.43. The number of carbonyl (C=O) groups excluding carboxylic acids is 3. The lowest BCUT2D eigenvalue weighted by Gasteiger charge is -2.32. The van der Waals surface area contributed by atoms with Crippen LogP contribution in [0.5, 0.6) is 0 Å². The van der Waals surface area contributed by atoms with Crippen molar-refractivity contribution in [2.24, 2.45) is 0 Å². The first-order valence-corrected chi connectivity index (χ1v) is 11.4. The Balaban J connectivity index is 1.65. The van der Waals surface area contributed by atoms with Gasteiger partial charge in [-0.2, -0.15) is 0 Å². The van der Waals surface area contributed by atoms with Crippen molar-refractivity contribution in [2.45, 2.75) is 44.7 Å². The quantitative estimate of drug-likeness (QED) is 0.535. The second-order valence-electron chi connectivity index (χ2n) is 8.43. The number of furan rings is 1. The first-order chi connectivity index (χ1) is 16.5. The van der Waals surface area contributed by atoms with Gasteiger partial charge >= 0.3 is 0 Å². The molecule has 8 nitrogen and oxygen atoms in total. The lowest BCUT2D eigenvalue weighted by Crippen LogP contribution is -2.49. The van der Waals surface area contributed by atoms with E-state index in [-0.39, 0.29) is 24.3 Å². The average molecular weight is 461 g/mol. The van der Waals surface area contributed by atoms with Crippen molar-refractivity contribution in [3.05, 3.63) is 84.1 Å². The Kier molecular flexibility index (Phi) is 7.37. The fraction of sp³-hybridized carbons (Fsp3) is 0.308. The summed E-state index contributed by atoms with van der Waals surface area (Å²) in [4.78, 5) is 45.0. The van der Waals surface area contributed by atoms with E-state index < -0.39 is 17.9 Å². The third-order valence-corrected chi connectivity index (χ3v) is 5.96. The molecule has 1 aromatic carbocycles. The molecule has 0 saturated heterocycles. The normalized spacial score (nSPS) is 14.4. The molecule has 3 aromatic rings. The van der Waals surface area contributed by atoms with Crippen molar-refractivity contribution >= 4 is 23.4 Å². The number of pyridine rings is 1. The van der Waals surface area contributed by atoms with Crippen molar-refractivity contribution in [1.29, 1.82) is 0 Å². The van der Waals surface area contributed by atoms with Gasteiger partial charge in [0.2, 0.25) is 11.8 Å². The Hall–Kier alpha value is -3.94. The maximum Gasteiger partial charge on any atom is 0.287 e. The van der Waals surface area contributed by atoms with E-state index in [1.54, 1.807) is 42.7 Å². The van der Waals surface area contributed by atoms with Gasteiger partial charge in [0, 0.05) is 24.1 Å². The minimum absolute atomic E-state index is 0.0884. The zero-order valence-electron chi connectivity index (χ0n) is 19.1. The van der Waals surface area contributed by atoms with Gasteiger partial charge in [-0.1, -0.05) is 30.5 Å². The van der Waals surface area contributed by atoms with E-state index in [2.05, 4.69) is 15.6 Å². The van der Waals surface area contributed by atoms with Crippen molar-refractivity contribution in [3.8, 4) is 0 Å². The first kappa shape index (κ1) is 23.2. The molecule has 2 N–H and O–H groups in total. The van der Waals surface area contributed by atoms with Crippen LogP contribution in [0.3, 0.4) is 0 Å². The predicted octanol–water partition coefficient (Wildman–Crippen LogP) is 3.55. The second kappa shape index (κ2) is 10.8. The van der Waals surface area contributed by atoms with Crippen LogP contribution in [-0.2, 0) is 9.59 Å². The van der Waals surface area contributed by atoms with Gasteiger partial charge in [-0.15, -0.1) is 0 Å². The number of nitrogens with zero attached hydrogens (tertiary/aromatic N) is 2. The van der Waals surface area contributed by atoms with Gasteiger partial charge in [0.1, 0.15) is 6.04 Å². The summed E-state index contributed by atoms with van der Waals surface area (Å²) in [5.74, 6) is -1.08. The zero-order chi connectivity index (χ0) is 23.9. The summed E-state index contributed by atoms with van der Waals surface area (Å²) < 4.78 is 5.11. The number of amides is 3. The van der Waals surface area contributed by atoms with Gasteiger partial charge in [0.15, 0.2) is 5.76 Å². The highest BCUT2D eigenvalue weighted by molar-refractivity contribution is 6.04. The molecule has 0 bridgehead atoms. The lowest BCUT2D eigenvalue weighted by molar-refractivity contribution is -0.126. The van der Waals surface area contributed by atoms with E-state index in [0.29, 0.717) is 11.3 Å². The molecule has 8 heteroatoms. The molecule has 34 heavy (non-hydrogen) atoms. The van der Waals surface area contributed by atoms with Crippen LogP contribution in [0.25, 0.3) is 0 Å². The lowest BCUT2D eigenvalue weighted by atomic mass is 10.0. The number of rotatable bonds is 8. The summed E-state index contributed by atoms with van der Waals surface area (Å²) >= 11 is 0. The molecule has 1 saturated carbocycles. The van der Waals surface area contributed by atoms with Crippen molar-refractivity contribution in [1.82, 2.24) is 15.6 Å². The van der Waals surface area contributed by atoms with E-state index in [1.165, 1.54) is 17.2 Å². The molecule has 2 heterocycles. The summed E-state index contributed by atoms with van der Waals surface area (Å²) in [6, 6.07) is 13.1. The van der Waals surface area contributed by atoms with Crippen LogP contribution >= 0.6 is 0 Å². The van der Waals surface area contributed by atoms with Gasteiger partial charge in [0.25, 0.3) is 5.91 Å². The molecule has 2 aromatic heterocycles. The fourth-order valence-electron chi connectivity index (χ4n) is 4.19. The van der Waals surface area contributed by atoms with Crippen LogP contribution in [0.4, 0.5) is 5.69 Å². The summed E-state index contributed by atoms with van der Waals surface area (Å²) in [6.07, 6.45) is 8.58. The third kappa shape index (κ3) is 5.51. The summed E-state index contributed by atoms with van der Waals surface area (Å²) in [5.41, 5.74) is 2.22. The Morgan fingerprint density at radius 2 is 1.76 bits per heavy atom. The van der Waals surface area contributed by atoms with Crippen LogP contribution in [0.1, 0.15) is 53.4 Å². The number of benzene rings is 1. The summed E-state index contributed by atoms with van der Waals surface area (Å²) in [7, 11) is 0. The molecule has 0 spiro atoms. The zero-order valence-corrected chi connectivity index (χ0v) is 19.1. The van der Waals surface area contributed by atoms with Gasteiger partial charge < -0.3 is 15.1 Å². The molecule has 1 fully saturated rings. The highest BCUT2D eigenvalue weighted by Crippen LogP contribution is 2.29. The van der Waals surface area contributed by atoms with Gasteiger partial charge in [-0.25, -0.2) is 0 Å². The average Bonchev–Trinajstić information content (AvgIpc) is 3.57. The van der Waals surface area contributed by atoms with Crippen LogP contribution in [0.2, 0.25) is 0 Å². The molecular formula is C26H28N4O4. The largest absolute Gasteiger partial charge is 0.459 e. The van der Waals surface area contributed by atoms with Crippen LogP contribution in [-0.4, -0.2) is 35.3 Å². The van der Waals surface area contributed by atoms with Crippen molar-refractivity contribution in [3.63, 3.8) is 0 Å². The molecule has 0 aliphatic heterocycles. The van der Waals surface area contributed by atoms with Crippen LogP contribution in [0.15, 0.2) is 71.6 Å². The summed E-state index contributed by atoms with van der Waals surface area (Å²) in [5, 5.41) is 5.72. The van der Waals surface area contributed by atoms with Crippen LogP contribution < -0.4 is 15.5 Å². The van der Waals surface area contributed by atoms with Gasteiger partial charge in [0.05, 0.1) is 12.8 Å². The Labute approximate surface area is 198 Å². The first-order valence-electron chi connectivity index (χ1n) is 11.4. The van der Waals surface area contributed by atoms with Gasteiger partial charge in [-0.05, 0) is 61.7 Å². The third-order valence-electron chi connectivity index (χ3n) is 5.96. The van der Waals surface area contributed by atoms with E-state index in [0.717, 1.165) is 31.2 Å². The number of aryl methyl sites for hydroxylation is 1. The maximum atomic E-state index is 13.6. The SMILES string of the molecule is Cc1ccc(N(C(=O)CNC(=O)c2ccco2)[C@@H](C(=O)NC2CCCC2)c2ccncc2)cc1. The predicted molar refractivity (Wildman–Crippen MR) is 127 cm³/mol. The Morgan fingerprint density at radius 1 is 1.06 bits per heavy atom. The topological polar surface area (TPSA) is 105 Å². The van der Waals surface area contributed by atoms with E-state index in [1.807, 2.05) is 19.1 Å². The molecule has 4 rings (SSSR count). The number of carbonyl (C=O) groups is 3. The van der Waals surface area contributed by atoms with Crippen molar-refractivity contribution < 1.29 is 18.8 Å². The molecular weight excluding hydrogens is 432 g/mol. The number of hydrogen-bond acceptors (Lipinski definition) is 5. The smallest absolute Gasteiger partial charge is 0.287 e. The molecule has 3 amide bonds. The van der Waals surface area contributed by atoms with E-state index in [9.17, 15) is 14.4 Å². The van der Waals surface area contributed by atoms with Crippen molar-refractivity contribution in [2.75, 3.05) is 11.4 Å². The summed E-state index contributed by atoms with van der Waals surface area (Å²) in [6.45, 7) is 1.65. The van der Waals surface area contributed by atoms with Gasteiger partial charge in [-0.3, -0.25) is 24.3 Å². The van der Waals surface area contributed by atoms with E-state index in [4.69, 9.17) is 4.42 Å². The minimum Gasteiger partial charge on any atom is -0.459 e. The Bertz CT molecular complexity index is 1110. The van der Waals surface area contributed by atoms with Crippen LogP contribution in [0, 0.1) is 6.92 Å². The molecule has 1 aliphatic rings. The maximum absolute atomic E-state index is 13.6. The fourth-order valence-corrected chi connectivity index (χ4v) is 4.19. The number of hydrogen-bond donors (Lipinski definition) is 2.